The lowest BCUT2D eigenvalue weighted by atomic mass is 9.98. The van der Waals surface area contributed by atoms with Gasteiger partial charge in [-0.05, 0) is 17.7 Å². The van der Waals surface area contributed by atoms with Crippen molar-refractivity contribution in [2.75, 3.05) is 5.32 Å². The SMILES string of the molecule is N#CC1=C(N)n2ncnc2NC1c1ccc(Cl)c(Cl)c1. The molecule has 0 amide bonds. The molecule has 2 heterocycles. The number of rotatable bonds is 1. The van der Waals surface area contributed by atoms with E-state index in [1.165, 1.54) is 11.0 Å². The number of nitrogens with zero attached hydrogens (tertiary/aromatic N) is 4. The Labute approximate surface area is 124 Å². The highest BCUT2D eigenvalue weighted by Gasteiger charge is 2.28. The van der Waals surface area contributed by atoms with E-state index >= 15 is 0 Å². The van der Waals surface area contributed by atoms with E-state index in [0.717, 1.165) is 5.56 Å². The van der Waals surface area contributed by atoms with Crippen LogP contribution in [0.15, 0.2) is 30.1 Å². The molecular formula is C12H8Cl2N6. The molecule has 2 aromatic rings. The van der Waals surface area contributed by atoms with Gasteiger partial charge in [0.25, 0.3) is 0 Å². The summed E-state index contributed by atoms with van der Waals surface area (Å²) in [6.45, 7) is 0. The molecule has 1 aromatic carbocycles. The molecule has 0 aliphatic carbocycles. The first-order chi connectivity index (χ1) is 9.61. The average Bonchev–Trinajstić information content (AvgIpc) is 2.90. The second-order valence-electron chi connectivity index (χ2n) is 4.16. The van der Waals surface area contributed by atoms with Crippen molar-refractivity contribution < 1.29 is 0 Å². The number of aromatic nitrogens is 3. The molecule has 3 N–H and O–H groups in total. The topological polar surface area (TPSA) is 92.5 Å². The molecule has 0 spiro atoms. The summed E-state index contributed by atoms with van der Waals surface area (Å²) in [4.78, 5) is 4.05. The Morgan fingerprint density at radius 2 is 2.15 bits per heavy atom. The number of hydrogen-bond acceptors (Lipinski definition) is 5. The summed E-state index contributed by atoms with van der Waals surface area (Å²) >= 11 is 11.9. The van der Waals surface area contributed by atoms with E-state index in [9.17, 15) is 5.26 Å². The molecule has 1 aliphatic heterocycles. The molecule has 1 aliphatic rings. The minimum Gasteiger partial charge on any atom is -0.383 e. The standard InChI is InChI=1S/C12H8Cl2N6/c13-8-2-1-6(3-9(8)14)10-7(4-15)11(16)20-12(19-10)17-5-18-20/h1-3,5,10H,16H2,(H,17,18,19). The predicted octanol–water partition coefficient (Wildman–Crippen LogP) is 2.40. The molecule has 0 saturated heterocycles. The highest BCUT2D eigenvalue weighted by molar-refractivity contribution is 6.42. The Morgan fingerprint density at radius 1 is 1.35 bits per heavy atom. The van der Waals surface area contributed by atoms with E-state index in [2.05, 4.69) is 21.5 Å². The summed E-state index contributed by atoms with van der Waals surface area (Å²) in [5, 5.41) is 17.2. The summed E-state index contributed by atoms with van der Waals surface area (Å²) in [5.74, 6) is 0.715. The molecule has 6 nitrogen and oxygen atoms in total. The number of fused-ring (bicyclic) bond motifs is 1. The summed E-state index contributed by atoms with van der Waals surface area (Å²) in [7, 11) is 0. The van der Waals surface area contributed by atoms with Gasteiger partial charge < -0.3 is 11.1 Å². The molecule has 0 bridgehead atoms. The maximum absolute atomic E-state index is 9.33. The first kappa shape index (κ1) is 12.8. The minimum absolute atomic E-state index is 0.245. The summed E-state index contributed by atoms with van der Waals surface area (Å²) in [6, 6.07) is 6.80. The fourth-order valence-electron chi connectivity index (χ4n) is 2.04. The smallest absolute Gasteiger partial charge is 0.228 e. The van der Waals surface area contributed by atoms with Gasteiger partial charge in [0.1, 0.15) is 18.2 Å². The van der Waals surface area contributed by atoms with Crippen LogP contribution in [0, 0.1) is 11.3 Å². The van der Waals surface area contributed by atoms with Crippen molar-refractivity contribution in [3.05, 3.63) is 45.7 Å². The zero-order valence-electron chi connectivity index (χ0n) is 10.0. The lowest BCUT2D eigenvalue weighted by Gasteiger charge is -2.25. The van der Waals surface area contributed by atoms with Crippen molar-refractivity contribution in [3.8, 4) is 6.07 Å². The maximum Gasteiger partial charge on any atom is 0.228 e. The van der Waals surface area contributed by atoms with Gasteiger partial charge in [0.2, 0.25) is 5.95 Å². The van der Waals surface area contributed by atoms with Crippen LogP contribution in [0.25, 0.3) is 5.82 Å². The average molecular weight is 307 g/mol. The van der Waals surface area contributed by atoms with Gasteiger partial charge in [0.15, 0.2) is 0 Å². The van der Waals surface area contributed by atoms with Gasteiger partial charge in [-0.25, -0.2) is 0 Å². The summed E-state index contributed by atoms with van der Waals surface area (Å²) in [5.41, 5.74) is 7.08. The van der Waals surface area contributed by atoms with Crippen molar-refractivity contribution in [1.29, 1.82) is 5.26 Å². The van der Waals surface area contributed by atoms with Crippen LogP contribution in [0.1, 0.15) is 11.6 Å². The number of hydrogen-bond donors (Lipinski definition) is 2. The second-order valence-corrected chi connectivity index (χ2v) is 4.97. The molecule has 1 aromatic heterocycles. The summed E-state index contributed by atoms with van der Waals surface area (Å²) < 4.78 is 1.38. The van der Waals surface area contributed by atoms with Crippen molar-refractivity contribution >= 4 is 35.0 Å². The third kappa shape index (κ3) is 1.88. The first-order valence-corrected chi connectivity index (χ1v) is 6.39. The zero-order valence-corrected chi connectivity index (χ0v) is 11.5. The van der Waals surface area contributed by atoms with E-state index in [1.54, 1.807) is 18.2 Å². The molecule has 3 rings (SSSR count). The molecule has 8 heteroatoms. The molecular weight excluding hydrogens is 299 g/mol. The Kier molecular flexibility index (Phi) is 3.01. The Hall–Kier alpha value is -2.23. The van der Waals surface area contributed by atoms with Crippen molar-refractivity contribution in [3.63, 3.8) is 0 Å². The molecule has 0 radical (unpaired) electrons. The third-order valence-electron chi connectivity index (χ3n) is 3.01. The van der Waals surface area contributed by atoms with Gasteiger partial charge in [-0.1, -0.05) is 29.3 Å². The molecule has 100 valence electrons. The fourth-order valence-corrected chi connectivity index (χ4v) is 2.35. The third-order valence-corrected chi connectivity index (χ3v) is 3.75. The van der Waals surface area contributed by atoms with Crippen LogP contribution in [-0.4, -0.2) is 14.8 Å². The fraction of sp³-hybridized carbons (Fsp3) is 0.0833. The highest BCUT2D eigenvalue weighted by atomic mass is 35.5. The zero-order chi connectivity index (χ0) is 14.3. The molecule has 1 unspecified atom stereocenters. The number of nitrogens with one attached hydrogen (secondary N) is 1. The van der Waals surface area contributed by atoms with Crippen LogP contribution < -0.4 is 11.1 Å². The van der Waals surface area contributed by atoms with E-state index in [0.29, 0.717) is 21.6 Å². The van der Waals surface area contributed by atoms with E-state index in [-0.39, 0.29) is 5.82 Å². The number of nitriles is 1. The number of anilines is 1. The lowest BCUT2D eigenvalue weighted by molar-refractivity contribution is 0.794. The van der Waals surface area contributed by atoms with Crippen molar-refractivity contribution in [2.45, 2.75) is 6.04 Å². The van der Waals surface area contributed by atoms with E-state index in [4.69, 9.17) is 28.9 Å². The van der Waals surface area contributed by atoms with Crippen LogP contribution >= 0.6 is 23.2 Å². The number of nitrogens with two attached hydrogens (primary N) is 1. The van der Waals surface area contributed by atoms with Crippen LogP contribution in [0.2, 0.25) is 10.0 Å². The highest BCUT2D eigenvalue weighted by Crippen LogP contribution is 2.34. The molecule has 1 atom stereocenters. The Morgan fingerprint density at radius 3 is 2.85 bits per heavy atom. The van der Waals surface area contributed by atoms with Gasteiger partial charge in [0, 0.05) is 0 Å². The van der Waals surface area contributed by atoms with Crippen LogP contribution in [0.5, 0.6) is 0 Å². The van der Waals surface area contributed by atoms with Gasteiger partial charge in [-0.3, -0.25) is 0 Å². The van der Waals surface area contributed by atoms with Gasteiger partial charge >= 0.3 is 0 Å². The van der Waals surface area contributed by atoms with Crippen LogP contribution in [-0.2, 0) is 0 Å². The van der Waals surface area contributed by atoms with Gasteiger partial charge in [0.05, 0.1) is 21.7 Å². The quantitative estimate of drug-likeness (QED) is 0.844. The minimum atomic E-state index is -0.438. The van der Waals surface area contributed by atoms with E-state index in [1.807, 2.05) is 0 Å². The van der Waals surface area contributed by atoms with Crippen molar-refractivity contribution in [2.24, 2.45) is 5.73 Å². The molecule has 0 fully saturated rings. The first-order valence-electron chi connectivity index (χ1n) is 5.63. The number of halogens is 2. The largest absolute Gasteiger partial charge is 0.383 e. The maximum atomic E-state index is 9.33. The van der Waals surface area contributed by atoms with Crippen LogP contribution in [0.4, 0.5) is 5.95 Å². The molecule has 0 saturated carbocycles. The normalized spacial score (nSPS) is 17.4. The van der Waals surface area contributed by atoms with Gasteiger partial charge in [-0.2, -0.15) is 20.0 Å². The Bertz CT molecular complexity index is 758. The summed E-state index contributed by atoms with van der Waals surface area (Å²) in [6.07, 6.45) is 1.36. The monoisotopic (exact) mass is 306 g/mol. The second kappa shape index (κ2) is 4.71. The number of benzene rings is 1. The lowest BCUT2D eigenvalue weighted by Crippen LogP contribution is -2.27. The Balaban J connectivity index is 2.13. The van der Waals surface area contributed by atoms with Crippen LogP contribution in [0.3, 0.4) is 0 Å². The van der Waals surface area contributed by atoms with Gasteiger partial charge in [-0.15, -0.1) is 0 Å². The molecule has 20 heavy (non-hydrogen) atoms. The predicted molar refractivity (Wildman–Crippen MR) is 75.9 cm³/mol. The van der Waals surface area contributed by atoms with E-state index < -0.39 is 6.04 Å². The van der Waals surface area contributed by atoms with Crippen molar-refractivity contribution in [1.82, 2.24) is 14.8 Å².